The minimum atomic E-state index is -4.73. The number of hydrogen-bond acceptors (Lipinski definition) is 6. The Balaban J connectivity index is 0.00000392. The van der Waals surface area contributed by atoms with E-state index in [2.05, 4.69) is 21.6 Å². The van der Waals surface area contributed by atoms with Crippen molar-refractivity contribution in [3.05, 3.63) is 24.3 Å². The normalized spacial score (nSPS) is 16.9. The van der Waals surface area contributed by atoms with Crippen LogP contribution in [0.25, 0.3) is 0 Å². The van der Waals surface area contributed by atoms with Crippen LogP contribution in [0.2, 0.25) is 0 Å². The molecule has 0 spiro atoms. The van der Waals surface area contributed by atoms with E-state index in [1.54, 1.807) is 4.90 Å². The van der Waals surface area contributed by atoms with Crippen molar-refractivity contribution in [3.8, 4) is 5.75 Å². The highest BCUT2D eigenvalue weighted by Crippen LogP contribution is 2.28. The molecule has 0 aliphatic carbocycles. The zero-order valence-electron chi connectivity index (χ0n) is 15.8. The fraction of sp³-hybridized carbons (Fsp3) is 0.556. The standard InChI is InChI=1S/C18H26F3N5O.ClH/c1-2-3-4-5-6-7-8-15-24-16(22)25-17(23)26(15)13-9-11-14(12-10-13)27-18(19,20)21;/h9-12,15H,2-8H2,1H3,(H4,22,23,24,25);1H. The number of rotatable bonds is 9. The predicted molar refractivity (Wildman–Crippen MR) is 108 cm³/mol. The van der Waals surface area contributed by atoms with Crippen molar-refractivity contribution in [3.63, 3.8) is 0 Å². The number of unbranched alkanes of at least 4 members (excludes halogenated alkanes) is 5. The summed E-state index contributed by atoms with van der Waals surface area (Å²) in [5.41, 5.74) is 12.3. The van der Waals surface area contributed by atoms with Crippen LogP contribution < -0.4 is 21.1 Å². The first-order chi connectivity index (χ1) is 12.8. The molecule has 158 valence electrons. The Labute approximate surface area is 169 Å². The third kappa shape index (κ3) is 7.46. The molecule has 1 aliphatic heterocycles. The number of anilines is 1. The van der Waals surface area contributed by atoms with Crippen LogP contribution in [0.3, 0.4) is 0 Å². The zero-order valence-corrected chi connectivity index (χ0v) is 16.6. The van der Waals surface area contributed by atoms with Crippen molar-refractivity contribution in [1.29, 1.82) is 0 Å². The van der Waals surface area contributed by atoms with Crippen LogP contribution in [-0.2, 0) is 0 Å². The van der Waals surface area contributed by atoms with Crippen molar-refractivity contribution in [2.24, 2.45) is 21.5 Å². The molecular formula is C18H27ClF3N5O. The van der Waals surface area contributed by atoms with Gasteiger partial charge in [0.15, 0.2) is 0 Å². The van der Waals surface area contributed by atoms with E-state index in [-0.39, 0.29) is 36.2 Å². The number of aliphatic imine (C=N–C) groups is 2. The fourth-order valence-corrected chi connectivity index (χ4v) is 2.98. The second-order valence-corrected chi connectivity index (χ2v) is 6.41. The van der Waals surface area contributed by atoms with Crippen LogP contribution in [0.15, 0.2) is 34.3 Å². The molecule has 0 aromatic heterocycles. The minimum Gasteiger partial charge on any atom is -0.406 e. The lowest BCUT2D eigenvalue weighted by atomic mass is 10.1. The molecule has 6 nitrogen and oxygen atoms in total. The van der Waals surface area contributed by atoms with E-state index in [4.69, 9.17) is 11.5 Å². The Kier molecular flexibility index (Phi) is 9.37. The lowest BCUT2D eigenvalue weighted by molar-refractivity contribution is -0.274. The quantitative estimate of drug-likeness (QED) is 0.573. The Bertz CT molecular complexity index is 664. The van der Waals surface area contributed by atoms with E-state index < -0.39 is 6.36 Å². The van der Waals surface area contributed by atoms with E-state index in [0.717, 1.165) is 25.7 Å². The molecule has 1 aromatic carbocycles. The maximum Gasteiger partial charge on any atom is 0.573 e. The molecule has 0 saturated carbocycles. The number of alkyl halides is 3. The van der Waals surface area contributed by atoms with Gasteiger partial charge in [0.05, 0.1) is 0 Å². The van der Waals surface area contributed by atoms with Gasteiger partial charge in [0.1, 0.15) is 11.9 Å². The molecule has 1 aromatic rings. The van der Waals surface area contributed by atoms with Crippen molar-refractivity contribution in [2.75, 3.05) is 4.90 Å². The van der Waals surface area contributed by atoms with E-state index >= 15 is 0 Å². The monoisotopic (exact) mass is 421 g/mol. The average molecular weight is 422 g/mol. The molecular weight excluding hydrogens is 395 g/mol. The molecule has 10 heteroatoms. The Morgan fingerprint density at radius 3 is 2.25 bits per heavy atom. The average Bonchev–Trinajstić information content (AvgIpc) is 2.57. The van der Waals surface area contributed by atoms with Crippen LogP contribution in [-0.4, -0.2) is 24.4 Å². The van der Waals surface area contributed by atoms with Gasteiger partial charge in [-0.2, -0.15) is 4.99 Å². The molecule has 4 N–H and O–H groups in total. The molecule has 0 saturated heterocycles. The molecule has 0 fully saturated rings. The summed E-state index contributed by atoms with van der Waals surface area (Å²) >= 11 is 0. The molecule has 0 amide bonds. The summed E-state index contributed by atoms with van der Waals surface area (Å²) in [5, 5.41) is 0. The van der Waals surface area contributed by atoms with Crippen molar-refractivity contribution < 1.29 is 17.9 Å². The minimum absolute atomic E-state index is 0. The van der Waals surface area contributed by atoms with Crippen molar-refractivity contribution in [1.82, 2.24) is 0 Å². The van der Waals surface area contributed by atoms with E-state index in [1.807, 2.05) is 0 Å². The Morgan fingerprint density at radius 1 is 1.04 bits per heavy atom. The number of ether oxygens (including phenoxy) is 1. The lowest BCUT2D eigenvalue weighted by Gasteiger charge is -2.32. The first-order valence-electron chi connectivity index (χ1n) is 9.12. The molecule has 0 radical (unpaired) electrons. The lowest BCUT2D eigenvalue weighted by Crippen LogP contribution is -2.48. The molecule has 2 rings (SSSR count). The Morgan fingerprint density at radius 2 is 1.64 bits per heavy atom. The van der Waals surface area contributed by atoms with Crippen LogP contribution in [0.5, 0.6) is 5.75 Å². The first kappa shape index (κ1) is 23.9. The first-order valence-corrected chi connectivity index (χ1v) is 9.12. The third-order valence-electron chi connectivity index (χ3n) is 4.22. The van der Waals surface area contributed by atoms with Crippen LogP contribution in [0.4, 0.5) is 18.9 Å². The number of nitrogens with two attached hydrogens (primary N) is 2. The molecule has 1 unspecified atom stereocenters. The predicted octanol–water partition coefficient (Wildman–Crippen LogP) is 4.53. The molecule has 1 aliphatic rings. The second-order valence-electron chi connectivity index (χ2n) is 6.41. The largest absolute Gasteiger partial charge is 0.573 e. The van der Waals surface area contributed by atoms with E-state index in [9.17, 15) is 13.2 Å². The molecule has 0 bridgehead atoms. The maximum absolute atomic E-state index is 12.3. The smallest absolute Gasteiger partial charge is 0.406 e. The molecule has 28 heavy (non-hydrogen) atoms. The van der Waals surface area contributed by atoms with Crippen LogP contribution >= 0.6 is 12.4 Å². The summed E-state index contributed by atoms with van der Waals surface area (Å²) in [6.07, 6.45) is 2.48. The maximum atomic E-state index is 12.3. The SMILES string of the molecule is CCCCCCCCC1N=C(N)N=C(N)N1c1ccc(OC(F)(F)F)cc1.Cl. The summed E-state index contributed by atoms with van der Waals surface area (Å²) in [5.74, 6) is -0.0195. The topological polar surface area (TPSA) is 89.2 Å². The molecule has 1 atom stereocenters. The highest BCUT2D eigenvalue weighted by Gasteiger charge is 2.31. The van der Waals surface area contributed by atoms with E-state index in [1.165, 1.54) is 43.5 Å². The van der Waals surface area contributed by atoms with Gasteiger partial charge in [0.25, 0.3) is 0 Å². The number of guanidine groups is 2. The number of halogens is 4. The highest BCUT2D eigenvalue weighted by atomic mass is 35.5. The van der Waals surface area contributed by atoms with Gasteiger partial charge in [-0.25, -0.2) is 4.99 Å². The van der Waals surface area contributed by atoms with Gasteiger partial charge in [-0.1, -0.05) is 39.0 Å². The van der Waals surface area contributed by atoms with Crippen molar-refractivity contribution in [2.45, 2.75) is 64.4 Å². The van der Waals surface area contributed by atoms with Crippen LogP contribution in [0, 0.1) is 0 Å². The van der Waals surface area contributed by atoms with Gasteiger partial charge < -0.3 is 16.2 Å². The summed E-state index contributed by atoms with van der Waals surface area (Å²) in [7, 11) is 0. The highest BCUT2D eigenvalue weighted by molar-refractivity contribution is 6.04. The second kappa shape index (κ2) is 11.0. The summed E-state index contributed by atoms with van der Waals surface area (Å²) in [6.45, 7) is 2.17. The van der Waals surface area contributed by atoms with E-state index in [0.29, 0.717) is 5.69 Å². The van der Waals surface area contributed by atoms with Gasteiger partial charge in [-0.05, 0) is 37.1 Å². The Hall–Kier alpha value is -2.16. The summed E-state index contributed by atoms with van der Waals surface area (Å²) in [6, 6.07) is 5.46. The summed E-state index contributed by atoms with van der Waals surface area (Å²) in [4.78, 5) is 10.0. The zero-order chi connectivity index (χ0) is 19.9. The van der Waals surface area contributed by atoms with Crippen LogP contribution in [0.1, 0.15) is 51.9 Å². The van der Waals surface area contributed by atoms with Crippen molar-refractivity contribution >= 4 is 30.0 Å². The third-order valence-corrected chi connectivity index (χ3v) is 4.22. The number of hydrogen-bond donors (Lipinski definition) is 2. The van der Waals surface area contributed by atoms with Gasteiger partial charge in [-0.3, -0.25) is 4.90 Å². The number of benzene rings is 1. The van der Waals surface area contributed by atoms with Gasteiger partial charge in [0.2, 0.25) is 11.9 Å². The number of nitrogens with zero attached hydrogens (tertiary/aromatic N) is 3. The van der Waals surface area contributed by atoms with Gasteiger partial charge in [-0.15, -0.1) is 25.6 Å². The van der Waals surface area contributed by atoms with Gasteiger partial charge in [0, 0.05) is 5.69 Å². The fourth-order valence-electron chi connectivity index (χ4n) is 2.98. The van der Waals surface area contributed by atoms with Gasteiger partial charge >= 0.3 is 6.36 Å². The molecule has 1 heterocycles. The summed E-state index contributed by atoms with van der Waals surface area (Å²) < 4.78 is 40.8.